The summed E-state index contributed by atoms with van der Waals surface area (Å²) in [6, 6.07) is 11.2. The van der Waals surface area contributed by atoms with Crippen LogP contribution in [0, 0.1) is 0 Å². The van der Waals surface area contributed by atoms with Crippen LogP contribution >= 0.6 is 15.9 Å². The molecule has 22 heavy (non-hydrogen) atoms. The maximum absolute atomic E-state index is 11.9. The molecule has 6 nitrogen and oxygen atoms in total. The van der Waals surface area contributed by atoms with Gasteiger partial charge in [0.1, 0.15) is 6.10 Å². The standard InChI is InChI=1S/C15H15BrN4O2/c16-10-3-5-11(6-4-10)17-13-7-8-14(20-19-13)18-15(21)12-2-1-9-22-12/h3-8,12H,1-2,9H2,(H,17,19)(H,18,20,21). The van der Waals surface area contributed by atoms with Crippen LogP contribution in [0.3, 0.4) is 0 Å². The number of carbonyl (C=O) groups is 1. The number of halogens is 1. The Morgan fingerprint density at radius 1 is 1.14 bits per heavy atom. The summed E-state index contributed by atoms with van der Waals surface area (Å²) >= 11 is 3.38. The van der Waals surface area contributed by atoms with Crippen molar-refractivity contribution in [3.05, 3.63) is 40.9 Å². The molecule has 1 fully saturated rings. The Hall–Kier alpha value is -1.99. The Kier molecular flexibility index (Phi) is 4.65. The Labute approximate surface area is 136 Å². The summed E-state index contributed by atoms with van der Waals surface area (Å²) < 4.78 is 6.33. The quantitative estimate of drug-likeness (QED) is 0.873. The van der Waals surface area contributed by atoms with E-state index in [2.05, 4.69) is 36.8 Å². The zero-order valence-corrected chi connectivity index (χ0v) is 13.3. The first-order valence-corrected chi connectivity index (χ1v) is 7.79. The number of amides is 1. The van der Waals surface area contributed by atoms with Gasteiger partial charge in [-0.25, -0.2) is 0 Å². The van der Waals surface area contributed by atoms with Crippen LogP contribution in [0.5, 0.6) is 0 Å². The van der Waals surface area contributed by atoms with Gasteiger partial charge in [0.25, 0.3) is 5.91 Å². The number of anilines is 3. The highest BCUT2D eigenvalue weighted by Gasteiger charge is 2.23. The zero-order valence-electron chi connectivity index (χ0n) is 11.8. The SMILES string of the molecule is O=C(Nc1ccc(Nc2ccc(Br)cc2)nn1)C1CCCO1. The van der Waals surface area contributed by atoms with Crippen LogP contribution in [-0.4, -0.2) is 28.8 Å². The molecule has 0 aliphatic carbocycles. The third kappa shape index (κ3) is 3.80. The number of rotatable bonds is 4. The summed E-state index contributed by atoms with van der Waals surface area (Å²) in [7, 11) is 0. The van der Waals surface area contributed by atoms with E-state index >= 15 is 0 Å². The Morgan fingerprint density at radius 3 is 2.50 bits per heavy atom. The molecule has 1 saturated heterocycles. The summed E-state index contributed by atoms with van der Waals surface area (Å²) in [6.07, 6.45) is 1.30. The molecule has 0 radical (unpaired) electrons. The van der Waals surface area contributed by atoms with E-state index < -0.39 is 0 Å². The fourth-order valence-corrected chi connectivity index (χ4v) is 2.40. The fourth-order valence-electron chi connectivity index (χ4n) is 2.14. The molecule has 0 bridgehead atoms. The number of hydrogen-bond donors (Lipinski definition) is 2. The van der Waals surface area contributed by atoms with Crippen molar-refractivity contribution < 1.29 is 9.53 Å². The van der Waals surface area contributed by atoms with Crippen LogP contribution in [0.2, 0.25) is 0 Å². The maximum Gasteiger partial charge on any atom is 0.254 e. The van der Waals surface area contributed by atoms with Crippen molar-refractivity contribution in [3.8, 4) is 0 Å². The second-order valence-electron chi connectivity index (χ2n) is 4.93. The van der Waals surface area contributed by atoms with Crippen molar-refractivity contribution in [2.24, 2.45) is 0 Å². The average molecular weight is 363 g/mol. The second-order valence-corrected chi connectivity index (χ2v) is 5.84. The number of aromatic nitrogens is 2. The molecule has 2 heterocycles. The molecule has 1 aliphatic rings. The van der Waals surface area contributed by atoms with Crippen LogP contribution in [0.1, 0.15) is 12.8 Å². The van der Waals surface area contributed by atoms with Gasteiger partial charge in [0.05, 0.1) is 0 Å². The minimum absolute atomic E-state index is 0.166. The van der Waals surface area contributed by atoms with Crippen molar-refractivity contribution in [1.82, 2.24) is 10.2 Å². The summed E-state index contributed by atoms with van der Waals surface area (Å²) in [5.74, 6) is 0.861. The number of nitrogens with one attached hydrogen (secondary N) is 2. The molecule has 2 aromatic rings. The van der Waals surface area contributed by atoms with Gasteiger partial charge in [-0.15, -0.1) is 10.2 Å². The van der Waals surface area contributed by atoms with Crippen LogP contribution in [0.25, 0.3) is 0 Å². The predicted molar refractivity (Wildman–Crippen MR) is 87.1 cm³/mol. The minimum Gasteiger partial charge on any atom is -0.368 e. The lowest BCUT2D eigenvalue weighted by Gasteiger charge is -2.10. The van der Waals surface area contributed by atoms with Crippen molar-refractivity contribution in [3.63, 3.8) is 0 Å². The molecule has 1 atom stereocenters. The molecule has 0 spiro atoms. The topological polar surface area (TPSA) is 76.1 Å². The van der Waals surface area contributed by atoms with Gasteiger partial charge in [0.2, 0.25) is 0 Å². The molecule has 0 saturated carbocycles. The molecule has 3 rings (SSSR count). The van der Waals surface area contributed by atoms with E-state index in [4.69, 9.17) is 4.74 Å². The highest BCUT2D eigenvalue weighted by atomic mass is 79.9. The van der Waals surface area contributed by atoms with E-state index in [0.717, 1.165) is 23.0 Å². The smallest absolute Gasteiger partial charge is 0.254 e. The van der Waals surface area contributed by atoms with E-state index in [9.17, 15) is 4.79 Å². The van der Waals surface area contributed by atoms with E-state index in [1.54, 1.807) is 12.1 Å². The fraction of sp³-hybridized carbons (Fsp3) is 0.267. The van der Waals surface area contributed by atoms with Gasteiger partial charge < -0.3 is 15.4 Å². The average Bonchev–Trinajstić information content (AvgIpc) is 3.06. The van der Waals surface area contributed by atoms with E-state index in [1.165, 1.54) is 0 Å². The summed E-state index contributed by atoms with van der Waals surface area (Å²) in [5.41, 5.74) is 0.911. The summed E-state index contributed by atoms with van der Waals surface area (Å²) in [5, 5.41) is 13.9. The number of nitrogens with zero attached hydrogens (tertiary/aromatic N) is 2. The Balaban J connectivity index is 1.60. The van der Waals surface area contributed by atoms with Gasteiger partial charge in [-0.3, -0.25) is 4.79 Å². The van der Waals surface area contributed by atoms with E-state index in [0.29, 0.717) is 18.2 Å². The molecule has 1 aromatic heterocycles. The van der Waals surface area contributed by atoms with Gasteiger partial charge in [0, 0.05) is 16.8 Å². The van der Waals surface area contributed by atoms with Crippen LogP contribution < -0.4 is 10.6 Å². The minimum atomic E-state index is -0.373. The summed E-state index contributed by atoms with van der Waals surface area (Å²) in [4.78, 5) is 11.9. The highest BCUT2D eigenvalue weighted by Crippen LogP contribution is 2.18. The lowest BCUT2D eigenvalue weighted by Crippen LogP contribution is -2.27. The van der Waals surface area contributed by atoms with E-state index in [1.807, 2.05) is 24.3 Å². The number of ether oxygens (including phenoxy) is 1. The first-order valence-electron chi connectivity index (χ1n) is 6.99. The third-order valence-corrected chi connectivity index (χ3v) is 3.78. The second kappa shape index (κ2) is 6.85. The molecule has 2 N–H and O–H groups in total. The summed E-state index contributed by atoms with van der Waals surface area (Å²) in [6.45, 7) is 0.639. The van der Waals surface area contributed by atoms with Gasteiger partial charge in [-0.2, -0.15) is 0 Å². The number of hydrogen-bond acceptors (Lipinski definition) is 5. The van der Waals surface area contributed by atoms with Crippen molar-refractivity contribution in [2.75, 3.05) is 17.2 Å². The van der Waals surface area contributed by atoms with Gasteiger partial charge in [-0.1, -0.05) is 15.9 Å². The Morgan fingerprint density at radius 2 is 1.86 bits per heavy atom. The molecule has 7 heteroatoms. The zero-order chi connectivity index (χ0) is 15.4. The monoisotopic (exact) mass is 362 g/mol. The first kappa shape index (κ1) is 14.9. The molecule has 1 aromatic carbocycles. The lowest BCUT2D eigenvalue weighted by atomic mass is 10.2. The van der Waals surface area contributed by atoms with Crippen molar-refractivity contribution >= 4 is 39.2 Å². The first-order chi connectivity index (χ1) is 10.7. The molecule has 1 amide bonds. The normalized spacial score (nSPS) is 17.2. The number of carbonyl (C=O) groups excluding carboxylic acids is 1. The molecule has 114 valence electrons. The van der Waals surface area contributed by atoms with Crippen LogP contribution in [0.15, 0.2) is 40.9 Å². The Bertz CT molecular complexity index is 640. The highest BCUT2D eigenvalue weighted by molar-refractivity contribution is 9.10. The third-order valence-electron chi connectivity index (χ3n) is 3.25. The van der Waals surface area contributed by atoms with Crippen LogP contribution in [0.4, 0.5) is 17.3 Å². The molecule has 1 aliphatic heterocycles. The van der Waals surface area contributed by atoms with Gasteiger partial charge in [0.15, 0.2) is 11.6 Å². The maximum atomic E-state index is 11.9. The number of benzene rings is 1. The molecule has 1 unspecified atom stereocenters. The molecular weight excluding hydrogens is 348 g/mol. The lowest BCUT2D eigenvalue weighted by molar-refractivity contribution is -0.124. The van der Waals surface area contributed by atoms with Crippen molar-refractivity contribution in [1.29, 1.82) is 0 Å². The van der Waals surface area contributed by atoms with E-state index in [-0.39, 0.29) is 12.0 Å². The largest absolute Gasteiger partial charge is 0.368 e. The van der Waals surface area contributed by atoms with Gasteiger partial charge >= 0.3 is 0 Å². The van der Waals surface area contributed by atoms with Crippen molar-refractivity contribution in [2.45, 2.75) is 18.9 Å². The predicted octanol–water partition coefficient (Wildman–Crippen LogP) is 3.10. The molecular formula is C15H15BrN4O2. The van der Waals surface area contributed by atoms with Gasteiger partial charge in [-0.05, 0) is 49.2 Å². The van der Waals surface area contributed by atoms with Crippen LogP contribution in [-0.2, 0) is 9.53 Å².